The molecule has 156 valence electrons. The summed E-state index contributed by atoms with van der Waals surface area (Å²) in [6.07, 6.45) is 0. The Labute approximate surface area is 172 Å². The summed E-state index contributed by atoms with van der Waals surface area (Å²) in [6, 6.07) is 14.1. The summed E-state index contributed by atoms with van der Waals surface area (Å²) in [4.78, 5) is 17.3. The van der Waals surface area contributed by atoms with Gasteiger partial charge in [-0.05, 0) is 49.5 Å². The second-order valence-corrected chi connectivity index (χ2v) is 9.20. The van der Waals surface area contributed by atoms with Crippen molar-refractivity contribution in [1.82, 2.24) is 19.8 Å². The van der Waals surface area contributed by atoms with Crippen LogP contribution in [0.5, 0.6) is 0 Å². The molecule has 2 aromatic carbocycles. The minimum atomic E-state index is -3.50. The van der Waals surface area contributed by atoms with E-state index < -0.39 is 10.0 Å². The Morgan fingerprint density at radius 1 is 1.00 bits per heavy atom. The molecule has 1 amide bonds. The Hall–Kier alpha value is -2.26. The van der Waals surface area contributed by atoms with Gasteiger partial charge in [0, 0.05) is 44.8 Å². The second-order valence-electron chi connectivity index (χ2n) is 7.31. The molecule has 8 heteroatoms. The predicted octanol–water partition coefficient (Wildman–Crippen LogP) is 1.27. The van der Waals surface area contributed by atoms with Crippen LogP contribution >= 0.6 is 0 Å². The standard InChI is InChI=1S/C21H28N4O3S/c1-22-29(27,28)20-8-6-19(7-9-20)21(26)23-15-17-4-3-5-18(14-17)16-25-12-10-24(2)11-13-25/h3-9,14,22H,10-13,15-16H2,1-2H3,(H,23,26). The molecule has 2 N–H and O–H groups in total. The Morgan fingerprint density at radius 2 is 1.66 bits per heavy atom. The summed E-state index contributed by atoms with van der Waals surface area (Å²) >= 11 is 0. The number of piperazine rings is 1. The van der Waals surface area contributed by atoms with Crippen LogP contribution in [0.15, 0.2) is 53.4 Å². The monoisotopic (exact) mass is 416 g/mol. The van der Waals surface area contributed by atoms with Gasteiger partial charge in [0.2, 0.25) is 10.0 Å². The number of likely N-dealkylation sites (N-methyl/N-ethyl adjacent to an activating group) is 1. The van der Waals surface area contributed by atoms with Gasteiger partial charge in [0.25, 0.3) is 5.91 Å². The lowest BCUT2D eigenvalue weighted by atomic mass is 10.1. The molecule has 0 atom stereocenters. The summed E-state index contributed by atoms with van der Waals surface area (Å²) in [5.41, 5.74) is 2.70. The Bertz CT molecular complexity index is 937. The molecule has 0 aromatic heterocycles. The molecule has 1 saturated heterocycles. The van der Waals surface area contributed by atoms with Crippen molar-refractivity contribution in [3.8, 4) is 0 Å². The van der Waals surface area contributed by atoms with Crippen LogP contribution in [0, 0.1) is 0 Å². The highest BCUT2D eigenvalue weighted by Crippen LogP contribution is 2.12. The molecule has 0 radical (unpaired) electrons. The van der Waals surface area contributed by atoms with Crippen molar-refractivity contribution in [2.75, 3.05) is 40.3 Å². The van der Waals surface area contributed by atoms with E-state index in [0.717, 1.165) is 38.3 Å². The first-order valence-electron chi connectivity index (χ1n) is 9.68. The van der Waals surface area contributed by atoms with Crippen LogP contribution in [0.3, 0.4) is 0 Å². The van der Waals surface area contributed by atoms with E-state index in [1.165, 1.54) is 36.9 Å². The van der Waals surface area contributed by atoms with E-state index in [4.69, 9.17) is 0 Å². The summed E-state index contributed by atoms with van der Waals surface area (Å²) in [5.74, 6) is -0.233. The van der Waals surface area contributed by atoms with Crippen LogP contribution in [0.1, 0.15) is 21.5 Å². The molecule has 0 saturated carbocycles. The van der Waals surface area contributed by atoms with Crippen molar-refractivity contribution >= 4 is 15.9 Å². The fourth-order valence-electron chi connectivity index (χ4n) is 3.29. The summed E-state index contributed by atoms with van der Waals surface area (Å²) in [7, 11) is -0.00286. The van der Waals surface area contributed by atoms with Gasteiger partial charge in [-0.25, -0.2) is 13.1 Å². The fraction of sp³-hybridized carbons (Fsp3) is 0.381. The van der Waals surface area contributed by atoms with E-state index in [1.54, 1.807) is 0 Å². The van der Waals surface area contributed by atoms with Crippen LogP contribution in [-0.2, 0) is 23.1 Å². The first-order chi connectivity index (χ1) is 13.9. The largest absolute Gasteiger partial charge is 0.348 e. The Morgan fingerprint density at radius 3 is 2.31 bits per heavy atom. The number of rotatable bonds is 7. The quantitative estimate of drug-likeness (QED) is 0.711. The molecule has 1 aliphatic heterocycles. The lowest BCUT2D eigenvalue weighted by Gasteiger charge is -2.32. The van der Waals surface area contributed by atoms with Gasteiger partial charge in [0.1, 0.15) is 0 Å². The fourth-order valence-corrected chi connectivity index (χ4v) is 4.02. The molecule has 0 spiro atoms. The van der Waals surface area contributed by atoms with Crippen molar-refractivity contribution in [2.45, 2.75) is 18.0 Å². The Kier molecular flexibility index (Phi) is 7.02. The SMILES string of the molecule is CNS(=O)(=O)c1ccc(C(=O)NCc2cccc(CN3CCN(C)CC3)c2)cc1. The molecule has 0 aliphatic carbocycles. The number of amides is 1. The molecule has 2 aromatic rings. The molecule has 0 bridgehead atoms. The van der Waals surface area contributed by atoms with Crippen LogP contribution in [0.25, 0.3) is 0 Å². The molecule has 1 heterocycles. The third-order valence-electron chi connectivity index (χ3n) is 5.14. The summed E-state index contributed by atoms with van der Waals surface area (Å²) in [5, 5.41) is 2.90. The van der Waals surface area contributed by atoms with Gasteiger partial charge in [-0.15, -0.1) is 0 Å². The zero-order chi connectivity index (χ0) is 20.9. The number of nitrogens with zero attached hydrogens (tertiary/aromatic N) is 2. The average Bonchev–Trinajstić information content (AvgIpc) is 2.74. The minimum absolute atomic E-state index is 0.133. The lowest BCUT2D eigenvalue weighted by Crippen LogP contribution is -2.43. The van der Waals surface area contributed by atoms with E-state index in [0.29, 0.717) is 12.1 Å². The van der Waals surface area contributed by atoms with Crippen molar-refractivity contribution in [1.29, 1.82) is 0 Å². The van der Waals surface area contributed by atoms with Gasteiger partial charge in [0.15, 0.2) is 0 Å². The lowest BCUT2D eigenvalue weighted by molar-refractivity contribution is 0.0950. The number of carbonyl (C=O) groups excluding carboxylic acids is 1. The normalized spacial score (nSPS) is 15.9. The number of hydrogen-bond acceptors (Lipinski definition) is 5. The topological polar surface area (TPSA) is 81.7 Å². The van der Waals surface area contributed by atoms with Gasteiger partial charge in [-0.2, -0.15) is 0 Å². The molecule has 1 fully saturated rings. The number of nitrogens with one attached hydrogen (secondary N) is 2. The number of hydrogen-bond donors (Lipinski definition) is 2. The van der Waals surface area contributed by atoms with E-state index in [2.05, 4.69) is 39.0 Å². The Balaban J connectivity index is 1.56. The van der Waals surface area contributed by atoms with Crippen molar-refractivity contribution < 1.29 is 13.2 Å². The van der Waals surface area contributed by atoms with E-state index in [-0.39, 0.29) is 10.8 Å². The molecule has 29 heavy (non-hydrogen) atoms. The van der Waals surface area contributed by atoms with E-state index in [1.807, 2.05) is 12.1 Å². The third-order valence-corrected chi connectivity index (χ3v) is 6.57. The number of benzene rings is 2. The van der Waals surface area contributed by atoms with Gasteiger partial charge in [-0.3, -0.25) is 9.69 Å². The molecule has 7 nitrogen and oxygen atoms in total. The van der Waals surface area contributed by atoms with Crippen molar-refractivity contribution in [3.63, 3.8) is 0 Å². The number of carbonyl (C=O) groups is 1. The summed E-state index contributed by atoms with van der Waals surface area (Å²) < 4.78 is 25.8. The van der Waals surface area contributed by atoms with Gasteiger partial charge >= 0.3 is 0 Å². The number of sulfonamides is 1. The first kappa shape index (κ1) is 21.4. The second kappa shape index (κ2) is 9.49. The van der Waals surface area contributed by atoms with Crippen LogP contribution < -0.4 is 10.0 Å². The maximum atomic E-state index is 12.4. The molecular weight excluding hydrogens is 388 g/mol. The van der Waals surface area contributed by atoms with E-state index >= 15 is 0 Å². The van der Waals surface area contributed by atoms with Gasteiger partial charge in [0.05, 0.1) is 4.90 Å². The molecule has 1 aliphatic rings. The predicted molar refractivity (Wildman–Crippen MR) is 113 cm³/mol. The van der Waals surface area contributed by atoms with Crippen molar-refractivity contribution in [3.05, 3.63) is 65.2 Å². The third kappa shape index (κ3) is 5.86. The van der Waals surface area contributed by atoms with Crippen LogP contribution in [0.2, 0.25) is 0 Å². The first-order valence-corrected chi connectivity index (χ1v) is 11.2. The highest BCUT2D eigenvalue weighted by atomic mass is 32.2. The maximum Gasteiger partial charge on any atom is 0.251 e. The average molecular weight is 417 g/mol. The molecular formula is C21H28N4O3S. The maximum absolute atomic E-state index is 12.4. The molecule has 0 unspecified atom stereocenters. The zero-order valence-electron chi connectivity index (χ0n) is 16.9. The van der Waals surface area contributed by atoms with Crippen LogP contribution in [0.4, 0.5) is 0 Å². The highest BCUT2D eigenvalue weighted by Gasteiger charge is 2.15. The highest BCUT2D eigenvalue weighted by molar-refractivity contribution is 7.89. The summed E-state index contributed by atoms with van der Waals surface area (Å²) in [6.45, 7) is 5.64. The molecule has 3 rings (SSSR count). The van der Waals surface area contributed by atoms with Crippen LogP contribution in [-0.4, -0.2) is 64.4 Å². The van der Waals surface area contributed by atoms with Crippen molar-refractivity contribution in [2.24, 2.45) is 0 Å². The van der Waals surface area contributed by atoms with Gasteiger partial charge in [-0.1, -0.05) is 24.3 Å². The zero-order valence-corrected chi connectivity index (χ0v) is 17.7. The smallest absolute Gasteiger partial charge is 0.251 e. The van der Waals surface area contributed by atoms with Gasteiger partial charge < -0.3 is 10.2 Å². The van der Waals surface area contributed by atoms with E-state index in [9.17, 15) is 13.2 Å². The minimum Gasteiger partial charge on any atom is -0.348 e.